The minimum Gasteiger partial charge on any atom is -0.504 e. The molecule has 0 unspecified atom stereocenters. The fourth-order valence-electron chi connectivity index (χ4n) is 3.82. The molecule has 2 fully saturated rings. The number of phenolic OH excluding ortho intramolecular Hbond substituents is 2. The van der Waals surface area contributed by atoms with Gasteiger partial charge in [-0.3, -0.25) is 0 Å². The molecule has 2 heterocycles. The lowest BCUT2D eigenvalue weighted by Gasteiger charge is -2.40. The highest BCUT2D eigenvalue weighted by atomic mass is 16.7. The third-order valence-electron chi connectivity index (χ3n) is 6.06. The fraction of sp³-hybridized carbons (Fsp3) is 0.458. The van der Waals surface area contributed by atoms with Crippen molar-refractivity contribution >= 4 is 5.97 Å². The van der Waals surface area contributed by atoms with E-state index in [0.717, 1.165) is 12.1 Å². The normalized spacial score (nSPS) is 33.7. The van der Waals surface area contributed by atoms with Gasteiger partial charge in [-0.05, 0) is 24.3 Å². The van der Waals surface area contributed by atoms with E-state index in [1.54, 1.807) is 18.2 Å². The van der Waals surface area contributed by atoms with Gasteiger partial charge in [0.05, 0.1) is 18.8 Å². The zero-order chi connectivity index (χ0) is 26.7. The third kappa shape index (κ3) is 5.95. The van der Waals surface area contributed by atoms with Crippen LogP contribution >= 0.6 is 0 Å². The van der Waals surface area contributed by atoms with Crippen LogP contribution in [0.4, 0.5) is 0 Å². The Hall–Kier alpha value is -3.01. The van der Waals surface area contributed by atoms with Crippen molar-refractivity contribution in [1.29, 1.82) is 0 Å². The topological polar surface area (TPSA) is 205 Å². The number of rotatable bonds is 8. The number of phenols is 2. The van der Waals surface area contributed by atoms with Crippen LogP contribution in [0.15, 0.2) is 48.5 Å². The van der Waals surface area contributed by atoms with Gasteiger partial charge in [-0.2, -0.15) is 0 Å². The van der Waals surface area contributed by atoms with Crippen molar-refractivity contribution in [2.24, 2.45) is 0 Å². The molecule has 7 N–H and O–H groups in total. The Labute approximate surface area is 210 Å². The van der Waals surface area contributed by atoms with Crippen LogP contribution in [0.2, 0.25) is 0 Å². The molecule has 0 radical (unpaired) electrons. The Balaban J connectivity index is 1.33. The second-order valence-corrected chi connectivity index (χ2v) is 8.79. The number of carbonyl (C=O) groups excluding carboxylic acids is 1. The minimum absolute atomic E-state index is 0.00716. The van der Waals surface area contributed by atoms with Crippen molar-refractivity contribution < 1.29 is 64.2 Å². The molecule has 2 aliphatic rings. The number of hydrogen-bond acceptors (Lipinski definition) is 13. The van der Waals surface area contributed by atoms with Crippen molar-refractivity contribution in [3.05, 3.63) is 54.1 Å². The van der Waals surface area contributed by atoms with Crippen LogP contribution in [0.5, 0.6) is 17.2 Å². The molecular formula is C24H28O13. The van der Waals surface area contributed by atoms with Crippen LogP contribution in [0.25, 0.3) is 0 Å². The van der Waals surface area contributed by atoms with Crippen LogP contribution in [0.1, 0.15) is 10.4 Å². The molecule has 0 aromatic heterocycles. The van der Waals surface area contributed by atoms with Gasteiger partial charge in [-0.25, -0.2) is 4.79 Å². The Morgan fingerprint density at radius 3 is 2.38 bits per heavy atom. The highest BCUT2D eigenvalue weighted by Crippen LogP contribution is 2.32. The molecule has 0 spiro atoms. The van der Waals surface area contributed by atoms with Gasteiger partial charge in [-0.1, -0.05) is 18.2 Å². The predicted octanol–water partition coefficient (Wildman–Crippen LogP) is -1.39. The van der Waals surface area contributed by atoms with Gasteiger partial charge in [0.2, 0.25) is 6.29 Å². The summed E-state index contributed by atoms with van der Waals surface area (Å²) < 4.78 is 26.8. The Kier molecular flexibility index (Phi) is 8.16. The summed E-state index contributed by atoms with van der Waals surface area (Å²) in [5.41, 5.74) is -1.71. The summed E-state index contributed by atoms with van der Waals surface area (Å²) in [4.78, 5) is 12.1. The number of aromatic hydroxyl groups is 2. The second kappa shape index (κ2) is 11.2. The average Bonchev–Trinajstić information content (AvgIpc) is 3.18. The van der Waals surface area contributed by atoms with Crippen LogP contribution in [-0.2, 0) is 18.9 Å². The Morgan fingerprint density at radius 1 is 0.946 bits per heavy atom. The molecule has 2 saturated heterocycles. The molecular weight excluding hydrogens is 496 g/mol. The molecule has 2 aromatic carbocycles. The van der Waals surface area contributed by atoms with E-state index >= 15 is 0 Å². The molecule has 0 aliphatic carbocycles. The van der Waals surface area contributed by atoms with Gasteiger partial charge < -0.3 is 59.4 Å². The first-order valence-electron chi connectivity index (χ1n) is 11.3. The molecule has 2 aliphatic heterocycles. The maximum Gasteiger partial charge on any atom is 0.338 e. The lowest BCUT2D eigenvalue weighted by molar-refractivity contribution is -0.289. The number of benzene rings is 2. The Morgan fingerprint density at radius 2 is 1.68 bits per heavy atom. The molecule has 37 heavy (non-hydrogen) atoms. The number of ether oxygens (including phenoxy) is 5. The SMILES string of the molecule is O=C(OC[C@@]1(O)CO[C@@H](OC[C@H]2O[C@@H](Oc3ccc(O)c(O)c3)[C@H](O)[C@@H](O)[C@@H]2O)[C@@H]1O)c1ccccc1. The van der Waals surface area contributed by atoms with E-state index in [1.807, 2.05) is 0 Å². The van der Waals surface area contributed by atoms with Gasteiger partial charge >= 0.3 is 5.97 Å². The zero-order valence-corrected chi connectivity index (χ0v) is 19.4. The fourth-order valence-corrected chi connectivity index (χ4v) is 3.82. The van der Waals surface area contributed by atoms with Gasteiger partial charge in [0, 0.05) is 6.07 Å². The monoisotopic (exact) mass is 524 g/mol. The number of aliphatic hydroxyl groups excluding tert-OH is 4. The first-order chi connectivity index (χ1) is 17.6. The van der Waals surface area contributed by atoms with Crippen LogP contribution in [0.3, 0.4) is 0 Å². The molecule has 13 heteroatoms. The van der Waals surface area contributed by atoms with E-state index in [9.17, 15) is 40.5 Å². The first kappa shape index (κ1) is 27.0. The molecule has 13 nitrogen and oxygen atoms in total. The number of hydrogen-bond donors (Lipinski definition) is 7. The average molecular weight is 524 g/mol. The smallest absolute Gasteiger partial charge is 0.338 e. The van der Waals surface area contributed by atoms with E-state index in [-0.39, 0.29) is 11.3 Å². The standard InChI is InChI=1S/C24H28O13/c25-14-7-6-13(8-15(14)26)36-22-19(29)18(28)17(27)16(37-22)9-33-23-20(30)24(32,11-35-23)10-34-21(31)12-4-2-1-3-5-12/h1-8,16-20,22-23,25-30,32H,9-11H2/t16-,17-,18+,19-,20+,22-,23-,24-/m1/s1. The van der Waals surface area contributed by atoms with Crippen molar-refractivity contribution in [3.63, 3.8) is 0 Å². The van der Waals surface area contributed by atoms with Gasteiger partial charge in [0.1, 0.15) is 42.9 Å². The van der Waals surface area contributed by atoms with E-state index in [2.05, 4.69) is 0 Å². The largest absolute Gasteiger partial charge is 0.504 e. The highest BCUT2D eigenvalue weighted by molar-refractivity contribution is 5.89. The quantitative estimate of drug-likeness (QED) is 0.157. The molecule has 0 saturated carbocycles. The molecule has 4 rings (SSSR count). The summed E-state index contributed by atoms with van der Waals surface area (Å²) in [6.07, 6.45) is -10.8. The van der Waals surface area contributed by atoms with Crippen molar-refractivity contribution in [3.8, 4) is 17.2 Å². The molecule has 2 aromatic rings. The maximum absolute atomic E-state index is 12.1. The predicted molar refractivity (Wildman–Crippen MR) is 120 cm³/mol. The summed E-state index contributed by atoms with van der Waals surface area (Å²) in [6, 6.07) is 11.5. The number of aliphatic hydroxyl groups is 5. The van der Waals surface area contributed by atoms with E-state index in [0.29, 0.717) is 0 Å². The van der Waals surface area contributed by atoms with Crippen LogP contribution in [0, 0.1) is 0 Å². The van der Waals surface area contributed by atoms with Crippen LogP contribution in [-0.4, -0.2) is 110 Å². The summed E-state index contributed by atoms with van der Waals surface area (Å²) in [6.45, 7) is -1.47. The minimum atomic E-state index is -1.97. The van der Waals surface area contributed by atoms with Crippen molar-refractivity contribution in [2.75, 3.05) is 19.8 Å². The number of esters is 1. The van der Waals surface area contributed by atoms with E-state index in [1.165, 1.54) is 18.2 Å². The third-order valence-corrected chi connectivity index (χ3v) is 6.06. The van der Waals surface area contributed by atoms with Gasteiger partial charge in [0.25, 0.3) is 0 Å². The lowest BCUT2D eigenvalue weighted by Crippen LogP contribution is -2.60. The summed E-state index contributed by atoms with van der Waals surface area (Å²) in [7, 11) is 0. The van der Waals surface area contributed by atoms with Crippen molar-refractivity contribution in [2.45, 2.75) is 48.7 Å². The molecule has 0 bridgehead atoms. The molecule has 8 atom stereocenters. The number of carbonyl (C=O) groups is 1. The highest BCUT2D eigenvalue weighted by Gasteiger charge is 2.51. The zero-order valence-electron chi connectivity index (χ0n) is 19.4. The van der Waals surface area contributed by atoms with Crippen LogP contribution < -0.4 is 4.74 Å². The second-order valence-electron chi connectivity index (χ2n) is 8.79. The lowest BCUT2D eigenvalue weighted by atomic mass is 9.99. The summed E-state index contributed by atoms with van der Waals surface area (Å²) in [5.74, 6) is -1.60. The maximum atomic E-state index is 12.1. The van der Waals surface area contributed by atoms with Crippen molar-refractivity contribution in [1.82, 2.24) is 0 Å². The van der Waals surface area contributed by atoms with Gasteiger partial charge in [0.15, 0.2) is 23.4 Å². The first-order valence-corrected chi connectivity index (χ1v) is 11.3. The van der Waals surface area contributed by atoms with Gasteiger partial charge in [-0.15, -0.1) is 0 Å². The summed E-state index contributed by atoms with van der Waals surface area (Å²) >= 11 is 0. The molecule has 0 amide bonds. The van der Waals surface area contributed by atoms with E-state index in [4.69, 9.17) is 23.7 Å². The van der Waals surface area contributed by atoms with E-state index < -0.39 is 86.0 Å². The summed E-state index contributed by atoms with van der Waals surface area (Å²) in [5, 5.41) is 71.0. The molecule has 202 valence electrons. The Bertz CT molecular complexity index is 1070.